The van der Waals surface area contributed by atoms with Crippen LogP contribution in [0.2, 0.25) is 0 Å². The molecule has 0 saturated heterocycles. The number of nitrogens with zero attached hydrogens (tertiary/aromatic N) is 2. The molecule has 0 saturated carbocycles. The molecule has 5 heteroatoms. The van der Waals surface area contributed by atoms with E-state index in [1.54, 1.807) is 0 Å². The first-order valence-electron chi connectivity index (χ1n) is 11.3. The third-order valence-corrected chi connectivity index (χ3v) is 7.47. The zero-order chi connectivity index (χ0) is 24.0. The molecule has 0 radical (unpaired) electrons. The fraction of sp³-hybridized carbons (Fsp3) is 0.133. The van der Waals surface area contributed by atoms with Crippen LogP contribution in [-0.4, -0.2) is 9.97 Å². The number of fused-ring (bicyclic) bond motifs is 6. The van der Waals surface area contributed by atoms with Gasteiger partial charge in [0.25, 0.3) is 0 Å². The molecule has 170 valence electrons. The maximum absolute atomic E-state index is 4.56. The van der Waals surface area contributed by atoms with Crippen molar-refractivity contribution >= 4 is 68.6 Å². The molecule has 0 aliphatic heterocycles. The van der Waals surface area contributed by atoms with Gasteiger partial charge in [0.15, 0.2) is 0 Å². The smallest absolute Gasteiger partial charge is 0.0711 e. The Morgan fingerprint density at radius 1 is 0.429 bits per heavy atom. The standard InChI is InChI=1S/2C15H13NS.Zn/c2*1-9-3-4-13-12-6-8-15(17)10(2)11(12)5-7-14(13)16-9;/h2*3-8,17H,1-2H3;. The van der Waals surface area contributed by atoms with Crippen molar-refractivity contribution in [3.05, 3.63) is 95.3 Å². The zero-order valence-electron chi connectivity index (χ0n) is 20.4. The SMILES string of the molecule is Cc1ccc2c(ccc3c(C)c(S)ccc32)n1.Cc1ccc2c(ccc3c(C)c(S)ccc32)n1.[Zn]. The monoisotopic (exact) mass is 542 g/mol. The van der Waals surface area contributed by atoms with Crippen LogP contribution in [0.1, 0.15) is 22.5 Å². The summed E-state index contributed by atoms with van der Waals surface area (Å²) in [7, 11) is 0. The van der Waals surface area contributed by atoms with Crippen molar-refractivity contribution in [3.8, 4) is 0 Å². The normalized spacial score (nSPS) is 10.9. The van der Waals surface area contributed by atoms with Gasteiger partial charge in [-0.15, -0.1) is 25.3 Å². The molecule has 6 rings (SSSR count). The number of rotatable bonds is 0. The van der Waals surface area contributed by atoms with Gasteiger partial charge in [-0.3, -0.25) is 9.97 Å². The summed E-state index contributed by atoms with van der Waals surface area (Å²) in [6.45, 7) is 8.26. The largest absolute Gasteiger partial charge is 0.253 e. The molecule has 0 aliphatic rings. The molecule has 0 atom stereocenters. The zero-order valence-corrected chi connectivity index (χ0v) is 25.2. The van der Waals surface area contributed by atoms with E-state index < -0.39 is 0 Å². The van der Waals surface area contributed by atoms with Gasteiger partial charge in [-0.05, 0) is 96.8 Å². The van der Waals surface area contributed by atoms with Gasteiger partial charge < -0.3 is 0 Å². The molecular weight excluding hydrogens is 518 g/mol. The van der Waals surface area contributed by atoms with Crippen molar-refractivity contribution in [2.45, 2.75) is 37.5 Å². The maximum Gasteiger partial charge on any atom is 0.0711 e. The summed E-state index contributed by atoms with van der Waals surface area (Å²) >= 11 is 8.94. The topological polar surface area (TPSA) is 25.8 Å². The van der Waals surface area contributed by atoms with Crippen LogP contribution in [0.5, 0.6) is 0 Å². The summed E-state index contributed by atoms with van der Waals surface area (Å²) in [5.74, 6) is 0. The summed E-state index contributed by atoms with van der Waals surface area (Å²) in [5, 5.41) is 7.45. The Labute approximate surface area is 229 Å². The molecular formula is C30H26N2S2Zn. The molecule has 0 spiro atoms. The van der Waals surface area contributed by atoms with Gasteiger partial charge in [-0.2, -0.15) is 0 Å². The van der Waals surface area contributed by atoms with E-state index >= 15 is 0 Å². The number of thiol groups is 2. The Morgan fingerprint density at radius 3 is 1.17 bits per heavy atom. The fourth-order valence-electron chi connectivity index (χ4n) is 4.52. The van der Waals surface area contributed by atoms with Crippen molar-refractivity contribution < 1.29 is 19.5 Å². The van der Waals surface area contributed by atoms with Crippen LogP contribution in [0.3, 0.4) is 0 Å². The Bertz CT molecular complexity index is 1600. The number of hydrogen-bond donors (Lipinski definition) is 2. The molecule has 2 nitrogen and oxygen atoms in total. The number of aryl methyl sites for hydroxylation is 4. The molecule has 0 bridgehead atoms. The van der Waals surface area contributed by atoms with E-state index in [1.807, 2.05) is 13.8 Å². The van der Waals surface area contributed by atoms with Crippen LogP contribution in [0.25, 0.3) is 43.4 Å². The van der Waals surface area contributed by atoms with Crippen LogP contribution < -0.4 is 0 Å². The molecule has 0 N–H and O–H groups in total. The molecule has 6 aromatic rings. The van der Waals surface area contributed by atoms with Crippen molar-refractivity contribution in [2.24, 2.45) is 0 Å². The number of hydrogen-bond acceptors (Lipinski definition) is 4. The quantitative estimate of drug-likeness (QED) is 0.114. The van der Waals surface area contributed by atoms with Crippen LogP contribution in [-0.2, 0) is 19.5 Å². The maximum atomic E-state index is 4.56. The van der Waals surface area contributed by atoms with Gasteiger partial charge in [0.05, 0.1) is 11.0 Å². The first-order valence-corrected chi connectivity index (χ1v) is 12.2. The van der Waals surface area contributed by atoms with E-state index in [1.165, 1.54) is 43.4 Å². The minimum absolute atomic E-state index is 0. The average molecular weight is 544 g/mol. The summed E-state index contributed by atoms with van der Waals surface area (Å²) in [6.07, 6.45) is 0. The number of benzene rings is 4. The van der Waals surface area contributed by atoms with E-state index in [4.69, 9.17) is 0 Å². The first-order chi connectivity index (χ1) is 16.3. The molecule has 35 heavy (non-hydrogen) atoms. The van der Waals surface area contributed by atoms with E-state index in [-0.39, 0.29) is 19.5 Å². The van der Waals surface area contributed by atoms with Gasteiger partial charge in [0.2, 0.25) is 0 Å². The van der Waals surface area contributed by atoms with Gasteiger partial charge >= 0.3 is 0 Å². The van der Waals surface area contributed by atoms with Gasteiger partial charge in [-0.25, -0.2) is 0 Å². The second-order valence-electron chi connectivity index (χ2n) is 8.78. The predicted octanol–water partition coefficient (Wildman–Crippen LogP) is 8.58. The summed E-state index contributed by atoms with van der Waals surface area (Å²) in [4.78, 5) is 11.2. The third kappa shape index (κ3) is 4.82. The van der Waals surface area contributed by atoms with Gasteiger partial charge in [0, 0.05) is 51.4 Å². The van der Waals surface area contributed by atoms with Crippen molar-refractivity contribution in [1.29, 1.82) is 0 Å². The minimum Gasteiger partial charge on any atom is -0.253 e. The van der Waals surface area contributed by atoms with Crippen LogP contribution in [0.4, 0.5) is 0 Å². The van der Waals surface area contributed by atoms with E-state index in [0.29, 0.717) is 0 Å². The van der Waals surface area contributed by atoms with Gasteiger partial charge in [0.1, 0.15) is 0 Å². The van der Waals surface area contributed by atoms with E-state index in [2.05, 4.69) is 122 Å². The molecule has 4 aromatic carbocycles. The van der Waals surface area contributed by atoms with Crippen LogP contribution in [0, 0.1) is 27.7 Å². The molecule has 2 aromatic heterocycles. The molecule has 0 amide bonds. The summed E-state index contributed by atoms with van der Waals surface area (Å²) in [5.41, 5.74) is 6.69. The minimum atomic E-state index is 0. The van der Waals surface area contributed by atoms with E-state index in [9.17, 15) is 0 Å². The Kier molecular flexibility index (Phi) is 7.52. The first kappa shape index (κ1) is 25.6. The molecule has 0 fully saturated rings. The number of pyridine rings is 2. The summed E-state index contributed by atoms with van der Waals surface area (Å²) < 4.78 is 0. The second-order valence-corrected chi connectivity index (χ2v) is 9.74. The average Bonchev–Trinajstić information content (AvgIpc) is 2.83. The van der Waals surface area contributed by atoms with Crippen molar-refractivity contribution in [3.63, 3.8) is 0 Å². The Morgan fingerprint density at radius 2 is 0.771 bits per heavy atom. The molecule has 2 heterocycles. The predicted molar refractivity (Wildman–Crippen MR) is 152 cm³/mol. The van der Waals surface area contributed by atoms with E-state index in [0.717, 1.165) is 32.2 Å². The number of aromatic nitrogens is 2. The fourth-order valence-corrected chi connectivity index (χ4v) is 4.91. The van der Waals surface area contributed by atoms with Gasteiger partial charge in [-0.1, -0.05) is 36.4 Å². The summed E-state index contributed by atoms with van der Waals surface area (Å²) in [6, 6.07) is 25.2. The van der Waals surface area contributed by atoms with Crippen molar-refractivity contribution in [1.82, 2.24) is 9.97 Å². The third-order valence-electron chi connectivity index (χ3n) is 6.50. The van der Waals surface area contributed by atoms with Crippen molar-refractivity contribution in [2.75, 3.05) is 0 Å². The second kappa shape index (κ2) is 10.3. The Hall–Kier alpha value is -2.46. The molecule has 0 aliphatic carbocycles. The molecule has 0 unspecified atom stereocenters. The van der Waals surface area contributed by atoms with Crippen LogP contribution >= 0.6 is 25.3 Å². The Balaban J connectivity index is 0.000000160. The van der Waals surface area contributed by atoms with Crippen LogP contribution in [0.15, 0.2) is 82.6 Å².